The molecule has 5 aliphatic rings. The molecule has 0 aromatic rings. The Hall–Kier alpha value is -1.92. The third kappa shape index (κ3) is 2.68. The molecule has 0 radical (unpaired) electrons. The molecule has 0 aromatic heterocycles. The second-order valence-corrected chi connectivity index (χ2v) is 13.1. The van der Waals surface area contributed by atoms with Crippen LogP contribution in [-0.4, -0.2) is 43.9 Å². The molecule has 9 atom stereocenters. The molecule has 0 aliphatic heterocycles. The molecule has 6 heteroatoms. The summed E-state index contributed by atoms with van der Waals surface area (Å²) in [6, 6.07) is 0. The van der Waals surface area contributed by atoms with Crippen molar-refractivity contribution in [3.63, 3.8) is 0 Å². The molecule has 5 rings (SSSR count). The van der Waals surface area contributed by atoms with Gasteiger partial charge in [0.15, 0.2) is 5.76 Å². The number of allylic oxidation sites excluding steroid dienone is 4. The maximum atomic E-state index is 12.8. The van der Waals surface area contributed by atoms with Crippen molar-refractivity contribution in [3.05, 3.63) is 34.6 Å². The summed E-state index contributed by atoms with van der Waals surface area (Å²) in [5, 5.41) is 44.0. The highest BCUT2D eigenvalue weighted by molar-refractivity contribution is 6.08. The first-order valence-corrected chi connectivity index (χ1v) is 13.1. The van der Waals surface area contributed by atoms with Crippen LogP contribution in [0.3, 0.4) is 0 Å². The molecule has 3 saturated carbocycles. The predicted octanol–water partition coefficient (Wildman–Crippen LogP) is 4.72. The van der Waals surface area contributed by atoms with E-state index in [0.29, 0.717) is 24.8 Å². The van der Waals surface area contributed by atoms with Crippen LogP contribution in [0.1, 0.15) is 80.1 Å². The fraction of sp³-hybridized carbons (Fsp3) is 0.724. The SMILES string of the molecule is CC1=C2CCC3(C)C(CC=C4C5C(C)(O)C(C)CC(O)C5(C(=O)O)CCC43C)C2(C)C=C(O)C1=O. The molecule has 0 saturated heterocycles. The lowest BCUT2D eigenvalue weighted by molar-refractivity contribution is -0.219. The van der Waals surface area contributed by atoms with E-state index in [1.54, 1.807) is 13.0 Å². The Morgan fingerprint density at radius 1 is 1.11 bits per heavy atom. The number of rotatable bonds is 1. The number of carboxylic acids is 1. The molecule has 5 aliphatic carbocycles. The Kier molecular flexibility index (Phi) is 5.02. The Labute approximate surface area is 207 Å². The number of hydrogen-bond acceptors (Lipinski definition) is 5. The Bertz CT molecular complexity index is 1110. The molecule has 4 N–H and O–H groups in total. The normalized spacial score (nSPS) is 51.4. The van der Waals surface area contributed by atoms with Crippen LogP contribution in [0.25, 0.3) is 0 Å². The first-order chi connectivity index (χ1) is 16.1. The molecule has 0 amide bonds. The number of ketones is 1. The fourth-order valence-electron chi connectivity index (χ4n) is 9.50. The van der Waals surface area contributed by atoms with Gasteiger partial charge in [0.25, 0.3) is 0 Å². The van der Waals surface area contributed by atoms with Crippen LogP contribution in [0.5, 0.6) is 0 Å². The van der Waals surface area contributed by atoms with Crippen LogP contribution in [0.15, 0.2) is 34.6 Å². The van der Waals surface area contributed by atoms with Crippen molar-refractivity contribution in [2.45, 2.75) is 91.8 Å². The second-order valence-electron chi connectivity index (χ2n) is 13.1. The number of carboxylic acid groups (broad SMARTS) is 1. The van der Waals surface area contributed by atoms with E-state index in [0.717, 1.165) is 24.0 Å². The number of Topliss-reactive ketones (excluding diaryl/α,β-unsaturated/α-hetero) is 1. The number of fused-ring (bicyclic) bond motifs is 7. The van der Waals surface area contributed by atoms with Gasteiger partial charge in [-0.15, -0.1) is 0 Å². The summed E-state index contributed by atoms with van der Waals surface area (Å²) >= 11 is 0. The summed E-state index contributed by atoms with van der Waals surface area (Å²) < 4.78 is 0. The Morgan fingerprint density at radius 2 is 1.77 bits per heavy atom. The van der Waals surface area contributed by atoms with Crippen LogP contribution in [0.2, 0.25) is 0 Å². The van der Waals surface area contributed by atoms with E-state index in [1.807, 2.05) is 13.8 Å². The smallest absolute Gasteiger partial charge is 0.313 e. The van der Waals surface area contributed by atoms with Gasteiger partial charge in [0, 0.05) is 16.9 Å². The molecule has 35 heavy (non-hydrogen) atoms. The van der Waals surface area contributed by atoms with E-state index in [4.69, 9.17) is 0 Å². The topological polar surface area (TPSA) is 115 Å². The lowest BCUT2D eigenvalue weighted by Gasteiger charge is -2.69. The number of aliphatic carboxylic acids is 1. The van der Waals surface area contributed by atoms with Crippen molar-refractivity contribution < 1.29 is 30.0 Å². The zero-order valence-electron chi connectivity index (χ0n) is 21.8. The number of carbonyl (C=O) groups excluding carboxylic acids is 1. The third-order valence-corrected chi connectivity index (χ3v) is 12.0. The van der Waals surface area contributed by atoms with Gasteiger partial charge < -0.3 is 20.4 Å². The van der Waals surface area contributed by atoms with Crippen molar-refractivity contribution in [3.8, 4) is 0 Å². The highest BCUT2D eigenvalue weighted by Crippen LogP contribution is 2.74. The van der Waals surface area contributed by atoms with Crippen molar-refractivity contribution >= 4 is 11.8 Å². The zero-order chi connectivity index (χ0) is 25.9. The van der Waals surface area contributed by atoms with Gasteiger partial charge in [-0.2, -0.15) is 0 Å². The summed E-state index contributed by atoms with van der Waals surface area (Å²) in [5.41, 5.74) is -1.02. The maximum absolute atomic E-state index is 12.8. The molecule has 9 unspecified atom stereocenters. The molecule has 6 nitrogen and oxygen atoms in total. The van der Waals surface area contributed by atoms with Crippen molar-refractivity contribution in [1.82, 2.24) is 0 Å². The summed E-state index contributed by atoms with van der Waals surface area (Å²) in [6.07, 6.45) is 6.35. The van der Waals surface area contributed by atoms with E-state index < -0.39 is 34.4 Å². The van der Waals surface area contributed by atoms with Gasteiger partial charge in [0.2, 0.25) is 5.78 Å². The van der Waals surface area contributed by atoms with Gasteiger partial charge in [-0.25, -0.2) is 0 Å². The van der Waals surface area contributed by atoms with Gasteiger partial charge in [-0.05, 0) is 81.1 Å². The first kappa shape index (κ1) is 24.8. The summed E-state index contributed by atoms with van der Waals surface area (Å²) in [7, 11) is 0. The van der Waals surface area contributed by atoms with Crippen LogP contribution in [-0.2, 0) is 9.59 Å². The minimum atomic E-state index is -1.40. The fourth-order valence-corrected chi connectivity index (χ4v) is 9.50. The average Bonchev–Trinajstić information content (AvgIpc) is 2.76. The minimum Gasteiger partial charge on any atom is -0.504 e. The lowest BCUT2D eigenvalue weighted by atomic mass is 9.35. The maximum Gasteiger partial charge on any atom is 0.313 e. The highest BCUT2D eigenvalue weighted by Gasteiger charge is 2.72. The number of hydrogen-bond donors (Lipinski definition) is 4. The van der Waals surface area contributed by atoms with E-state index >= 15 is 0 Å². The van der Waals surface area contributed by atoms with Gasteiger partial charge >= 0.3 is 5.97 Å². The largest absolute Gasteiger partial charge is 0.504 e. The Balaban J connectivity index is 1.71. The van der Waals surface area contributed by atoms with Crippen molar-refractivity contribution in [2.75, 3.05) is 0 Å². The quantitative estimate of drug-likeness (QED) is 0.401. The van der Waals surface area contributed by atoms with Crippen LogP contribution in [0.4, 0.5) is 0 Å². The summed E-state index contributed by atoms with van der Waals surface area (Å²) in [5.74, 6) is -2.29. The first-order valence-electron chi connectivity index (χ1n) is 13.1. The molecule has 0 spiro atoms. The van der Waals surface area contributed by atoms with E-state index in [-0.39, 0.29) is 40.6 Å². The summed E-state index contributed by atoms with van der Waals surface area (Å²) in [6.45, 7) is 12.1. The second kappa shape index (κ2) is 7.10. The van der Waals surface area contributed by atoms with Gasteiger partial charge in [-0.1, -0.05) is 44.9 Å². The van der Waals surface area contributed by atoms with Gasteiger partial charge in [0.1, 0.15) is 5.41 Å². The van der Waals surface area contributed by atoms with Gasteiger partial charge in [-0.3, -0.25) is 9.59 Å². The van der Waals surface area contributed by atoms with Crippen molar-refractivity contribution in [2.24, 2.45) is 39.4 Å². The number of aliphatic hydroxyl groups excluding tert-OH is 2. The molecule has 0 bridgehead atoms. The molecule has 3 fully saturated rings. The summed E-state index contributed by atoms with van der Waals surface area (Å²) in [4.78, 5) is 25.4. The number of carbonyl (C=O) groups is 2. The molecular weight excluding hydrogens is 444 g/mol. The van der Waals surface area contributed by atoms with Crippen molar-refractivity contribution in [1.29, 1.82) is 0 Å². The average molecular weight is 485 g/mol. The van der Waals surface area contributed by atoms with Gasteiger partial charge in [0.05, 0.1) is 11.7 Å². The van der Waals surface area contributed by atoms with Crippen LogP contribution >= 0.6 is 0 Å². The molecule has 0 heterocycles. The zero-order valence-corrected chi connectivity index (χ0v) is 21.8. The van der Waals surface area contributed by atoms with E-state index in [1.165, 1.54) is 0 Å². The molecule has 0 aromatic carbocycles. The molecular formula is C29H40O6. The number of aliphatic hydroxyl groups is 3. The monoisotopic (exact) mass is 484 g/mol. The highest BCUT2D eigenvalue weighted by atomic mass is 16.4. The minimum absolute atomic E-state index is 0.117. The van der Waals surface area contributed by atoms with Crippen LogP contribution < -0.4 is 0 Å². The third-order valence-electron chi connectivity index (χ3n) is 12.0. The predicted molar refractivity (Wildman–Crippen MR) is 131 cm³/mol. The standard InChI is InChI=1S/C29H40O6/c1-15-13-21(31)29(24(33)34)12-11-26(4)18(23(29)28(15,6)35)7-8-20-25(3)14-19(30)22(32)16(2)17(25)9-10-27(20,26)5/h7,14-15,20-21,23,30-31,35H,8-13H2,1-6H3,(H,33,34). The Morgan fingerprint density at radius 3 is 2.40 bits per heavy atom. The van der Waals surface area contributed by atoms with Crippen LogP contribution in [0, 0.1) is 39.4 Å². The lowest BCUT2D eigenvalue weighted by Crippen LogP contribution is -2.69. The van der Waals surface area contributed by atoms with E-state index in [9.17, 15) is 30.0 Å². The van der Waals surface area contributed by atoms with E-state index in [2.05, 4.69) is 26.8 Å². The molecule has 192 valence electrons.